The van der Waals surface area contributed by atoms with E-state index >= 15 is 0 Å². The number of sulfone groups is 1. The minimum atomic E-state index is -3.53. The lowest BCUT2D eigenvalue weighted by molar-refractivity contribution is 0.0662. The first kappa shape index (κ1) is 17.6. The highest BCUT2D eigenvalue weighted by molar-refractivity contribution is 14.1. The molecule has 0 aliphatic carbocycles. The van der Waals surface area contributed by atoms with Crippen LogP contribution in [0.15, 0.2) is 17.3 Å². The molecule has 0 fully saturated rings. The molecule has 1 aromatic heterocycles. The zero-order valence-corrected chi connectivity index (χ0v) is 15.6. The Labute approximate surface area is 142 Å². The SMILES string of the molecule is CC(C)CCOCn1c(S(C)(=O)=O)nc2cc(I)c(F)cc21. The molecular formula is C14H18FIN2O3S. The maximum absolute atomic E-state index is 13.8. The van der Waals surface area contributed by atoms with Crippen molar-refractivity contribution < 1.29 is 17.5 Å². The number of nitrogens with zero attached hydrogens (tertiary/aromatic N) is 2. The summed E-state index contributed by atoms with van der Waals surface area (Å²) in [5.74, 6) is 0.0874. The second kappa shape index (κ2) is 6.79. The van der Waals surface area contributed by atoms with Gasteiger partial charge in [0.1, 0.15) is 12.5 Å². The van der Waals surface area contributed by atoms with Gasteiger partial charge >= 0.3 is 0 Å². The molecule has 5 nitrogen and oxygen atoms in total. The quantitative estimate of drug-likeness (QED) is 0.512. The molecule has 0 unspecified atom stereocenters. The number of hydrogen-bond donors (Lipinski definition) is 0. The molecule has 0 N–H and O–H groups in total. The van der Waals surface area contributed by atoms with Gasteiger partial charge in [0.05, 0.1) is 14.6 Å². The lowest BCUT2D eigenvalue weighted by Gasteiger charge is -2.10. The molecule has 0 spiro atoms. The van der Waals surface area contributed by atoms with Gasteiger partial charge < -0.3 is 4.74 Å². The Hall–Kier alpha value is -0.740. The Morgan fingerprint density at radius 3 is 2.68 bits per heavy atom. The van der Waals surface area contributed by atoms with Crippen LogP contribution in [0.2, 0.25) is 0 Å². The lowest BCUT2D eigenvalue weighted by atomic mass is 10.1. The molecular weight excluding hydrogens is 422 g/mol. The second-order valence-corrected chi connectivity index (χ2v) is 8.64. The molecule has 1 heterocycles. The summed E-state index contributed by atoms with van der Waals surface area (Å²) in [5.41, 5.74) is 0.863. The maximum atomic E-state index is 13.8. The number of halogens is 2. The standard InChI is InChI=1S/C14H18FIN2O3S/c1-9(2)4-5-21-8-18-13-6-10(15)11(16)7-12(13)17-14(18)22(3,19)20/h6-7,9H,4-5,8H2,1-3H3. The predicted octanol–water partition coefficient (Wildman–Crippen LogP) is 3.20. The molecule has 122 valence electrons. The highest BCUT2D eigenvalue weighted by Gasteiger charge is 2.20. The Bertz CT molecular complexity index is 787. The third kappa shape index (κ3) is 3.96. The summed E-state index contributed by atoms with van der Waals surface area (Å²) in [4.78, 5) is 4.12. The minimum absolute atomic E-state index is 0.0334. The van der Waals surface area contributed by atoms with Gasteiger partial charge in [-0.1, -0.05) is 13.8 Å². The average molecular weight is 440 g/mol. The minimum Gasteiger partial charge on any atom is -0.361 e. The van der Waals surface area contributed by atoms with Crippen molar-refractivity contribution in [2.24, 2.45) is 5.92 Å². The van der Waals surface area contributed by atoms with Crippen LogP contribution in [0.3, 0.4) is 0 Å². The van der Waals surface area contributed by atoms with Gasteiger partial charge in [0.15, 0.2) is 0 Å². The third-order valence-electron chi connectivity index (χ3n) is 3.15. The summed E-state index contributed by atoms with van der Waals surface area (Å²) in [6, 6.07) is 2.83. The molecule has 2 rings (SSSR count). The smallest absolute Gasteiger partial charge is 0.230 e. The van der Waals surface area contributed by atoms with E-state index in [-0.39, 0.29) is 11.9 Å². The van der Waals surface area contributed by atoms with Gasteiger partial charge in [0.2, 0.25) is 15.0 Å². The molecule has 0 aliphatic rings. The van der Waals surface area contributed by atoms with E-state index < -0.39 is 15.7 Å². The van der Waals surface area contributed by atoms with Gasteiger partial charge in [-0.15, -0.1) is 0 Å². The highest BCUT2D eigenvalue weighted by Crippen LogP contribution is 2.24. The normalized spacial score (nSPS) is 12.5. The Morgan fingerprint density at radius 1 is 1.41 bits per heavy atom. The first-order valence-electron chi connectivity index (χ1n) is 6.83. The Morgan fingerprint density at radius 2 is 2.09 bits per heavy atom. The fourth-order valence-electron chi connectivity index (χ4n) is 1.98. The molecule has 1 aromatic carbocycles. The van der Waals surface area contributed by atoms with Crippen LogP contribution in [0.4, 0.5) is 4.39 Å². The van der Waals surface area contributed by atoms with Gasteiger partial charge in [-0.2, -0.15) is 0 Å². The number of fused-ring (bicyclic) bond motifs is 1. The monoisotopic (exact) mass is 440 g/mol. The molecule has 0 radical (unpaired) electrons. The first-order chi connectivity index (χ1) is 10.2. The largest absolute Gasteiger partial charge is 0.361 e. The van der Waals surface area contributed by atoms with Gasteiger partial charge in [0.25, 0.3) is 0 Å². The predicted molar refractivity (Wildman–Crippen MR) is 90.9 cm³/mol. The van der Waals surface area contributed by atoms with Crippen LogP contribution in [0, 0.1) is 15.3 Å². The Kier molecular flexibility index (Phi) is 5.44. The summed E-state index contributed by atoms with van der Waals surface area (Å²) in [7, 11) is -3.53. The van der Waals surface area contributed by atoms with Gasteiger partial charge in [-0.25, -0.2) is 17.8 Å². The van der Waals surface area contributed by atoms with E-state index in [2.05, 4.69) is 18.8 Å². The van der Waals surface area contributed by atoms with Crippen LogP contribution < -0.4 is 0 Å². The maximum Gasteiger partial charge on any atom is 0.230 e. The van der Waals surface area contributed by atoms with Crippen LogP contribution >= 0.6 is 22.6 Å². The molecule has 0 saturated heterocycles. The molecule has 0 saturated carbocycles. The van der Waals surface area contributed by atoms with Crippen molar-refractivity contribution in [2.75, 3.05) is 12.9 Å². The zero-order chi connectivity index (χ0) is 16.5. The van der Waals surface area contributed by atoms with Crippen molar-refractivity contribution in [1.29, 1.82) is 0 Å². The molecule has 2 aromatic rings. The van der Waals surface area contributed by atoms with Gasteiger partial charge in [0, 0.05) is 18.9 Å². The van der Waals surface area contributed by atoms with E-state index in [9.17, 15) is 12.8 Å². The fourth-order valence-corrected chi connectivity index (χ4v) is 3.25. The summed E-state index contributed by atoms with van der Waals surface area (Å²) >= 11 is 1.85. The van der Waals surface area contributed by atoms with Crippen molar-refractivity contribution in [3.05, 3.63) is 21.5 Å². The highest BCUT2D eigenvalue weighted by atomic mass is 127. The van der Waals surface area contributed by atoms with E-state index in [0.717, 1.165) is 12.7 Å². The van der Waals surface area contributed by atoms with Crippen LogP contribution in [-0.4, -0.2) is 30.8 Å². The third-order valence-corrected chi connectivity index (χ3v) is 4.95. The van der Waals surface area contributed by atoms with E-state index in [1.807, 2.05) is 22.6 Å². The summed E-state index contributed by atoms with van der Waals surface area (Å²) in [6.45, 7) is 4.70. The fraction of sp³-hybridized carbons (Fsp3) is 0.500. The molecule has 0 amide bonds. The lowest BCUT2D eigenvalue weighted by Crippen LogP contribution is -2.12. The number of ether oxygens (including phenoxy) is 1. The summed E-state index contributed by atoms with van der Waals surface area (Å²) < 4.78 is 44.9. The summed E-state index contributed by atoms with van der Waals surface area (Å²) in [5, 5.41) is -0.103. The van der Waals surface area contributed by atoms with Crippen LogP contribution in [0.1, 0.15) is 20.3 Å². The number of rotatable bonds is 6. The van der Waals surface area contributed by atoms with Gasteiger partial charge in [-0.3, -0.25) is 4.57 Å². The Balaban J connectivity index is 2.42. The van der Waals surface area contributed by atoms with Crippen molar-refractivity contribution in [3.63, 3.8) is 0 Å². The molecule has 0 bridgehead atoms. The van der Waals surface area contributed by atoms with E-state index in [1.54, 1.807) is 0 Å². The zero-order valence-electron chi connectivity index (χ0n) is 12.6. The molecule has 0 atom stereocenters. The van der Waals surface area contributed by atoms with Crippen LogP contribution in [-0.2, 0) is 21.3 Å². The average Bonchev–Trinajstić information content (AvgIpc) is 2.73. The number of imidazole rings is 1. The van der Waals surface area contributed by atoms with Crippen LogP contribution in [0.25, 0.3) is 11.0 Å². The second-order valence-electron chi connectivity index (χ2n) is 5.57. The number of aromatic nitrogens is 2. The molecule has 8 heteroatoms. The molecule has 22 heavy (non-hydrogen) atoms. The number of hydrogen-bond acceptors (Lipinski definition) is 4. The van der Waals surface area contributed by atoms with Crippen LogP contribution in [0.5, 0.6) is 0 Å². The first-order valence-corrected chi connectivity index (χ1v) is 9.80. The van der Waals surface area contributed by atoms with Crippen molar-refractivity contribution >= 4 is 43.5 Å². The van der Waals surface area contributed by atoms with Crippen molar-refractivity contribution in [1.82, 2.24) is 9.55 Å². The van der Waals surface area contributed by atoms with Crippen molar-refractivity contribution in [3.8, 4) is 0 Å². The van der Waals surface area contributed by atoms with E-state index in [4.69, 9.17) is 4.74 Å². The van der Waals surface area contributed by atoms with Crippen molar-refractivity contribution in [2.45, 2.75) is 32.2 Å². The molecule has 0 aliphatic heterocycles. The topological polar surface area (TPSA) is 61.2 Å². The van der Waals surface area contributed by atoms with Gasteiger partial charge in [-0.05, 0) is 41.0 Å². The van der Waals surface area contributed by atoms with E-state index in [0.29, 0.717) is 27.1 Å². The van der Waals surface area contributed by atoms with E-state index in [1.165, 1.54) is 16.7 Å². The summed E-state index contributed by atoms with van der Waals surface area (Å²) in [6.07, 6.45) is 1.95. The number of benzene rings is 1.